The molecule has 8 heteroatoms. The Bertz CT molecular complexity index is 1690. The van der Waals surface area contributed by atoms with E-state index >= 15 is 0 Å². The van der Waals surface area contributed by atoms with Gasteiger partial charge in [-0.05, 0) is 68.0 Å². The van der Waals surface area contributed by atoms with Gasteiger partial charge >= 0.3 is 6.18 Å². The van der Waals surface area contributed by atoms with Gasteiger partial charge in [0.15, 0.2) is 11.5 Å². The lowest BCUT2D eigenvalue weighted by molar-refractivity contribution is -0.439. The van der Waals surface area contributed by atoms with Gasteiger partial charge in [0.2, 0.25) is 5.69 Å². The fraction of sp³-hybridized carbons (Fsp3) is 0.459. The molecule has 0 saturated carbocycles. The SMILES string of the molecule is CC(C)CCN1/C(=C\C2=C([O-])C(=C\C3=[N+](CCC(C)C)c4cc(F)ccc4C3(C)C)/C2=O)C(C)(C)c2ccc(C(F)(F)F)cc21. The van der Waals surface area contributed by atoms with Crippen LogP contribution < -0.4 is 10.0 Å². The molecule has 0 N–H and O–H groups in total. The molecular formula is C37H42F4N2O2. The van der Waals surface area contributed by atoms with E-state index in [0.29, 0.717) is 42.7 Å². The molecule has 2 heterocycles. The van der Waals surface area contributed by atoms with Gasteiger partial charge in [0.25, 0.3) is 0 Å². The predicted octanol–water partition coefficient (Wildman–Crippen LogP) is 8.12. The van der Waals surface area contributed by atoms with Crippen molar-refractivity contribution >= 4 is 22.9 Å². The van der Waals surface area contributed by atoms with Crippen LogP contribution in [0.3, 0.4) is 0 Å². The summed E-state index contributed by atoms with van der Waals surface area (Å²) < 4.78 is 57.5. The molecule has 1 aliphatic carbocycles. The Morgan fingerprint density at radius 3 is 2.16 bits per heavy atom. The summed E-state index contributed by atoms with van der Waals surface area (Å²) in [6.45, 7) is 17.2. The number of anilines is 1. The molecule has 0 bridgehead atoms. The summed E-state index contributed by atoms with van der Waals surface area (Å²) in [6, 6.07) is 8.47. The molecule has 240 valence electrons. The number of nitrogens with zero attached hydrogens (tertiary/aromatic N) is 2. The fourth-order valence-electron chi connectivity index (χ4n) is 6.67. The van der Waals surface area contributed by atoms with E-state index in [1.54, 1.807) is 18.2 Å². The Morgan fingerprint density at radius 2 is 1.56 bits per heavy atom. The molecule has 3 aliphatic rings. The van der Waals surface area contributed by atoms with Crippen molar-refractivity contribution in [1.29, 1.82) is 0 Å². The number of ketones is 1. The number of hydrogen-bond donors (Lipinski definition) is 0. The van der Waals surface area contributed by atoms with Crippen LogP contribution in [-0.2, 0) is 21.8 Å². The maximum absolute atomic E-state index is 14.4. The molecule has 0 saturated heterocycles. The van der Waals surface area contributed by atoms with Crippen LogP contribution in [0.5, 0.6) is 0 Å². The van der Waals surface area contributed by atoms with Gasteiger partial charge in [-0.2, -0.15) is 17.7 Å². The van der Waals surface area contributed by atoms with Crippen molar-refractivity contribution in [2.45, 2.75) is 85.2 Å². The summed E-state index contributed by atoms with van der Waals surface area (Å²) >= 11 is 0. The quantitative estimate of drug-likeness (QED) is 0.170. The van der Waals surface area contributed by atoms with Crippen molar-refractivity contribution in [3.8, 4) is 0 Å². The minimum absolute atomic E-state index is 0.0245. The number of carbonyl (C=O) groups is 1. The molecule has 5 rings (SSSR count). The molecule has 0 atom stereocenters. The lowest BCUT2D eigenvalue weighted by atomic mass is 9.77. The minimum atomic E-state index is -4.50. The van der Waals surface area contributed by atoms with Crippen LogP contribution in [0, 0.1) is 17.7 Å². The van der Waals surface area contributed by atoms with Crippen molar-refractivity contribution in [2.75, 3.05) is 18.0 Å². The third kappa shape index (κ3) is 5.66. The van der Waals surface area contributed by atoms with E-state index in [1.165, 1.54) is 24.3 Å². The molecule has 2 aromatic rings. The van der Waals surface area contributed by atoms with Crippen molar-refractivity contribution in [3.63, 3.8) is 0 Å². The van der Waals surface area contributed by atoms with Crippen LogP contribution in [0.1, 0.15) is 84.9 Å². The highest BCUT2D eigenvalue weighted by molar-refractivity contribution is 6.24. The van der Waals surface area contributed by atoms with Crippen molar-refractivity contribution in [2.24, 2.45) is 11.8 Å². The number of alkyl halides is 3. The van der Waals surface area contributed by atoms with Crippen LogP contribution in [-0.4, -0.2) is 29.2 Å². The van der Waals surface area contributed by atoms with Gasteiger partial charge in [-0.3, -0.25) is 4.79 Å². The fourth-order valence-corrected chi connectivity index (χ4v) is 6.67. The van der Waals surface area contributed by atoms with Gasteiger partial charge in [-0.15, -0.1) is 0 Å². The third-order valence-corrected chi connectivity index (χ3v) is 9.48. The van der Waals surface area contributed by atoms with Gasteiger partial charge in [0, 0.05) is 58.6 Å². The molecular weight excluding hydrogens is 580 g/mol. The molecule has 45 heavy (non-hydrogen) atoms. The summed E-state index contributed by atoms with van der Waals surface area (Å²) in [6.07, 6.45) is 0.296. The first-order valence-electron chi connectivity index (χ1n) is 15.7. The van der Waals surface area contributed by atoms with Gasteiger partial charge in [-0.25, -0.2) is 4.39 Å². The first-order chi connectivity index (χ1) is 20.9. The largest absolute Gasteiger partial charge is 0.871 e. The number of hydrogen-bond acceptors (Lipinski definition) is 3. The van der Waals surface area contributed by atoms with Gasteiger partial charge < -0.3 is 10.0 Å². The van der Waals surface area contributed by atoms with E-state index in [1.807, 2.05) is 51.0 Å². The molecule has 0 amide bonds. The Morgan fingerprint density at radius 1 is 0.911 bits per heavy atom. The summed E-state index contributed by atoms with van der Waals surface area (Å²) in [5.74, 6) is -0.457. The van der Waals surface area contributed by atoms with Gasteiger partial charge in [0.1, 0.15) is 12.4 Å². The smallest absolute Gasteiger partial charge is 0.416 e. The number of rotatable bonds is 8. The lowest BCUT2D eigenvalue weighted by Gasteiger charge is -2.33. The summed E-state index contributed by atoms with van der Waals surface area (Å²) in [5.41, 5.74) is 2.28. The number of allylic oxidation sites excluding steroid dienone is 5. The Hall–Kier alpha value is -3.68. The van der Waals surface area contributed by atoms with Crippen LogP contribution >= 0.6 is 0 Å². The summed E-state index contributed by atoms with van der Waals surface area (Å²) in [5, 5.41) is 13.7. The predicted molar refractivity (Wildman–Crippen MR) is 168 cm³/mol. The van der Waals surface area contributed by atoms with Crippen LogP contribution in [0.15, 0.2) is 71.2 Å². The van der Waals surface area contributed by atoms with E-state index in [2.05, 4.69) is 13.8 Å². The topological polar surface area (TPSA) is 46.4 Å². The molecule has 0 fully saturated rings. The second-order valence-corrected chi connectivity index (χ2v) is 14.4. The first-order valence-corrected chi connectivity index (χ1v) is 15.7. The molecule has 0 unspecified atom stereocenters. The highest BCUT2D eigenvalue weighted by Gasteiger charge is 2.47. The second kappa shape index (κ2) is 11.3. The molecule has 4 nitrogen and oxygen atoms in total. The zero-order valence-electron chi connectivity index (χ0n) is 27.3. The second-order valence-electron chi connectivity index (χ2n) is 14.4. The average Bonchev–Trinajstić information content (AvgIpc) is 3.28. The minimum Gasteiger partial charge on any atom is -0.871 e. The Balaban J connectivity index is 1.60. The summed E-state index contributed by atoms with van der Waals surface area (Å²) in [4.78, 5) is 15.5. The van der Waals surface area contributed by atoms with E-state index in [-0.39, 0.29) is 17.0 Å². The molecule has 0 radical (unpaired) electrons. The van der Waals surface area contributed by atoms with Crippen LogP contribution in [0.25, 0.3) is 0 Å². The highest BCUT2D eigenvalue weighted by Crippen LogP contribution is 2.51. The Labute approximate surface area is 263 Å². The summed E-state index contributed by atoms with van der Waals surface area (Å²) in [7, 11) is 0. The van der Waals surface area contributed by atoms with Crippen LogP contribution in [0.2, 0.25) is 0 Å². The number of carbonyl (C=O) groups excluding carboxylic acids is 1. The maximum Gasteiger partial charge on any atom is 0.416 e. The normalized spacial score (nSPS) is 20.7. The van der Waals surface area contributed by atoms with Gasteiger partial charge in [0.05, 0.1) is 11.0 Å². The number of fused-ring (bicyclic) bond motifs is 2. The highest BCUT2D eigenvalue weighted by atomic mass is 19.4. The van der Waals surface area contributed by atoms with Gasteiger partial charge in [-0.1, -0.05) is 53.4 Å². The molecule has 2 aliphatic heterocycles. The van der Waals surface area contributed by atoms with E-state index < -0.39 is 34.1 Å². The lowest BCUT2D eigenvalue weighted by Crippen LogP contribution is -2.35. The number of Topliss-reactive ketones (excluding diaryl/α,β-unsaturated/α-hetero) is 1. The maximum atomic E-state index is 14.4. The molecule has 0 spiro atoms. The van der Waals surface area contributed by atoms with E-state index in [9.17, 15) is 27.5 Å². The average molecular weight is 623 g/mol. The zero-order valence-corrected chi connectivity index (χ0v) is 27.3. The standard InChI is InChI=1S/C37H42F4N2O2/c1-21(2)13-15-42-29-17-23(37(39,40)41)9-11-27(29)35(5,6)31(42)19-25-33(44)26(34(25)45)20-32-36(7,8)28-12-10-24(38)18-30(28)43(32)16-14-22(3)4/h9-12,17-22H,13-16H2,1-8H3. The van der Waals surface area contributed by atoms with E-state index in [4.69, 9.17) is 0 Å². The van der Waals surface area contributed by atoms with Crippen LogP contribution in [0.4, 0.5) is 28.9 Å². The van der Waals surface area contributed by atoms with E-state index in [0.717, 1.165) is 35.0 Å². The number of benzene rings is 2. The molecule has 0 aromatic heterocycles. The van der Waals surface area contributed by atoms with Crippen molar-refractivity contribution in [3.05, 3.63) is 93.7 Å². The van der Waals surface area contributed by atoms with Crippen molar-refractivity contribution < 1.29 is 32.0 Å². The Kier molecular flexibility index (Phi) is 8.20. The first kappa shape index (κ1) is 32.7. The third-order valence-electron chi connectivity index (χ3n) is 9.48. The van der Waals surface area contributed by atoms with Crippen molar-refractivity contribution in [1.82, 2.24) is 0 Å². The molecule has 2 aromatic carbocycles. The monoisotopic (exact) mass is 622 g/mol. The number of halogens is 4. The zero-order chi connectivity index (χ0) is 33.2.